The molecule has 0 saturated carbocycles. The molecule has 29 heavy (non-hydrogen) atoms. The molecule has 4 aromatic rings. The molecular weight excluding hydrogens is 384 g/mol. The van der Waals surface area contributed by atoms with Gasteiger partial charge >= 0.3 is 0 Å². The fraction of sp³-hybridized carbons (Fsp3) is 0.125. The first-order valence-corrected chi connectivity index (χ1v) is 9.94. The molecule has 0 saturated heterocycles. The van der Waals surface area contributed by atoms with Gasteiger partial charge in [0.15, 0.2) is 12.4 Å². The van der Waals surface area contributed by atoms with Crippen LogP contribution in [0.3, 0.4) is 0 Å². The number of pyridine rings is 1. The van der Waals surface area contributed by atoms with Crippen molar-refractivity contribution in [2.24, 2.45) is 0 Å². The molecule has 1 aliphatic carbocycles. The summed E-state index contributed by atoms with van der Waals surface area (Å²) in [6.07, 6.45) is 7.19. The fourth-order valence-corrected chi connectivity index (χ4v) is 4.25. The predicted octanol–water partition coefficient (Wildman–Crippen LogP) is 4.64. The molecule has 0 spiro atoms. The summed E-state index contributed by atoms with van der Waals surface area (Å²) in [4.78, 5) is 25.9. The number of hydrogen-bond donors (Lipinski definition) is 0. The van der Waals surface area contributed by atoms with Crippen LogP contribution in [0, 0.1) is 0 Å². The van der Waals surface area contributed by atoms with E-state index in [2.05, 4.69) is 0 Å². The first-order chi connectivity index (χ1) is 14.1. The topological polar surface area (TPSA) is 43.0 Å². The summed E-state index contributed by atoms with van der Waals surface area (Å²) in [6.45, 7) is 0. The standard InChI is InChI=1S/C24H18ClN2O2/c25-19-8-6-16-7-9-22(23(28)20(16)14-19)26-12-11-21-18(15-26)10-13-27(21)24(29)17-4-2-1-3-5-17/h1-6,8,10-15,22H,7,9H2/q+1. The smallest absolute Gasteiger partial charge is 0.262 e. The molecule has 2 aromatic carbocycles. The van der Waals surface area contributed by atoms with Crippen LogP contribution < -0.4 is 4.57 Å². The Bertz CT molecular complexity index is 1260. The number of benzene rings is 2. The van der Waals surface area contributed by atoms with Crippen molar-refractivity contribution in [2.45, 2.75) is 18.9 Å². The second-order valence-corrected chi connectivity index (χ2v) is 7.75. The third kappa shape index (κ3) is 3.06. The lowest BCUT2D eigenvalue weighted by molar-refractivity contribution is -0.707. The highest BCUT2D eigenvalue weighted by Crippen LogP contribution is 2.28. The molecule has 2 heterocycles. The molecule has 0 aliphatic heterocycles. The molecular formula is C24H18ClN2O2+. The van der Waals surface area contributed by atoms with E-state index in [0.29, 0.717) is 16.1 Å². The average molecular weight is 402 g/mol. The van der Waals surface area contributed by atoms with Gasteiger partial charge in [0.1, 0.15) is 0 Å². The molecule has 5 rings (SSSR count). The lowest BCUT2D eigenvalue weighted by Crippen LogP contribution is -2.45. The van der Waals surface area contributed by atoms with Crippen LogP contribution in [0.5, 0.6) is 0 Å². The summed E-state index contributed by atoms with van der Waals surface area (Å²) >= 11 is 6.10. The van der Waals surface area contributed by atoms with Crippen LogP contribution in [0.4, 0.5) is 0 Å². The largest absolute Gasteiger partial charge is 0.287 e. The van der Waals surface area contributed by atoms with E-state index >= 15 is 0 Å². The fourth-order valence-electron chi connectivity index (χ4n) is 4.08. The molecule has 5 heteroatoms. The maximum atomic E-state index is 13.1. The average Bonchev–Trinajstić information content (AvgIpc) is 3.18. The maximum absolute atomic E-state index is 13.1. The predicted molar refractivity (Wildman–Crippen MR) is 111 cm³/mol. The molecule has 0 radical (unpaired) electrons. The molecule has 1 aliphatic rings. The summed E-state index contributed by atoms with van der Waals surface area (Å²) in [5.74, 6) is 0.00792. The second-order valence-electron chi connectivity index (χ2n) is 7.31. The van der Waals surface area contributed by atoms with Crippen LogP contribution in [0.2, 0.25) is 5.02 Å². The first kappa shape index (κ1) is 17.8. The number of fused-ring (bicyclic) bond motifs is 2. The van der Waals surface area contributed by atoms with E-state index in [1.54, 1.807) is 29.0 Å². The van der Waals surface area contributed by atoms with E-state index in [0.717, 1.165) is 29.3 Å². The van der Waals surface area contributed by atoms with Gasteiger partial charge in [-0.15, -0.1) is 0 Å². The number of rotatable bonds is 2. The monoisotopic (exact) mass is 401 g/mol. The van der Waals surface area contributed by atoms with E-state index in [9.17, 15) is 9.59 Å². The van der Waals surface area contributed by atoms with Gasteiger partial charge < -0.3 is 0 Å². The van der Waals surface area contributed by atoms with Crippen molar-refractivity contribution in [2.75, 3.05) is 0 Å². The Labute approximate surface area is 173 Å². The molecule has 4 nitrogen and oxygen atoms in total. The van der Waals surface area contributed by atoms with Crippen molar-refractivity contribution < 1.29 is 14.2 Å². The lowest BCUT2D eigenvalue weighted by Gasteiger charge is -2.20. The van der Waals surface area contributed by atoms with E-state index in [1.165, 1.54) is 0 Å². The van der Waals surface area contributed by atoms with Gasteiger partial charge in [-0.3, -0.25) is 14.2 Å². The van der Waals surface area contributed by atoms with Crippen molar-refractivity contribution >= 4 is 34.2 Å². The van der Waals surface area contributed by atoms with Crippen molar-refractivity contribution in [1.29, 1.82) is 0 Å². The number of ketones is 1. The van der Waals surface area contributed by atoms with Gasteiger partial charge in [-0.1, -0.05) is 35.9 Å². The summed E-state index contributed by atoms with van der Waals surface area (Å²) in [5.41, 5.74) is 3.22. The Hall–Kier alpha value is -3.24. The van der Waals surface area contributed by atoms with Crippen LogP contribution in [0.15, 0.2) is 79.3 Å². The number of Topliss-reactive ketones (excluding diaryl/α,β-unsaturated/α-hetero) is 1. The van der Waals surface area contributed by atoms with Crippen LogP contribution in [-0.4, -0.2) is 16.3 Å². The molecule has 142 valence electrons. The molecule has 1 atom stereocenters. The number of nitrogens with zero attached hydrogens (tertiary/aromatic N) is 2. The minimum Gasteiger partial charge on any atom is -0.287 e. The van der Waals surface area contributed by atoms with Gasteiger partial charge in [0, 0.05) is 34.8 Å². The quantitative estimate of drug-likeness (QED) is 0.459. The van der Waals surface area contributed by atoms with Gasteiger partial charge in [0.05, 0.1) is 10.9 Å². The minimum atomic E-state index is -0.265. The van der Waals surface area contributed by atoms with Crippen LogP contribution >= 0.6 is 11.6 Å². The number of carbonyl (C=O) groups is 2. The summed E-state index contributed by atoms with van der Waals surface area (Å²) in [5, 5.41) is 1.50. The summed E-state index contributed by atoms with van der Waals surface area (Å²) in [6, 6.07) is 18.3. The van der Waals surface area contributed by atoms with Crippen molar-refractivity contribution in [3.8, 4) is 0 Å². The molecule has 1 unspecified atom stereocenters. The summed E-state index contributed by atoms with van der Waals surface area (Å²) < 4.78 is 3.60. The first-order valence-electron chi connectivity index (χ1n) is 9.56. The zero-order chi connectivity index (χ0) is 20.0. The molecule has 0 N–H and O–H groups in total. The van der Waals surface area contributed by atoms with Gasteiger partial charge in [0.2, 0.25) is 11.8 Å². The lowest BCUT2D eigenvalue weighted by atomic mass is 9.87. The summed E-state index contributed by atoms with van der Waals surface area (Å²) in [7, 11) is 0. The molecule has 0 fully saturated rings. The van der Waals surface area contributed by atoms with E-state index in [1.807, 2.05) is 59.4 Å². The number of aryl methyl sites for hydroxylation is 1. The van der Waals surface area contributed by atoms with Crippen molar-refractivity contribution in [3.05, 3.63) is 101 Å². The Kier molecular flexibility index (Phi) is 4.29. The molecule has 2 aromatic heterocycles. The number of aromatic nitrogens is 2. The molecule has 0 amide bonds. The Morgan fingerprint density at radius 2 is 1.90 bits per heavy atom. The van der Waals surface area contributed by atoms with Gasteiger partial charge in [-0.05, 0) is 42.3 Å². The minimum absolute atomic E-state index is 0.0735. The highest BCUT2D eigenvalue weighted by atomic mass is 35.5. The Balaban J connectivity index is 1.50. The Morgan fingerprint density at radius 3 is 2.72 bits per heavy atom. The highest BCUT2D eigenvalue weighted by Gasteiger charge is 2.34. The SMILES string of the molecule is O=C1c2cc(Cl)ccc2CCC1[n+]1ccc2c(ccn2C(=O)c2ccccc2)c1. The van der Waals surface area contributed by atoms with Gasteiger partial charge in [-0.25, -0.2) is 0 Å². The third-order valence-corrected chi connectivity index (χ3v) is 5.81. The number of carbonyl (C=O) groups excluding carboxylic acids is 2. The third-order valence-electron chi connectivity index (χ3n) is 5.58. The Morgan fingerprint density at radius 1 is 1.07 bits per heavy atom. The highest BCUT2D eigenvalue weighted by molar-refractivity contribution is 6.31. The van der Waals surface area contributed by atoms with Crippen LogP contribution in [0.1, 0.15) is 38.7 Å². The zero-order valence-corrected chi connectivity index (χ0v) is 16.3. The zero-order valence-electron chi connectivity index (χ0n) is 15.6. The normalized spacial score (nSPS) is 16.0. The van der Waals surface area contributed by atoms with Gasteiger partial charge in [0.25, 0.3) is 5.91 Å². The van der Waals surface area contributed by atoms with E-state index < -0.39 is 0 Å². The van der Waals surface area contributed by atoms with Crippen molar-refractivity contribution in [3.63, 3.8) is 0 Å². The van der Waals surface area contributed by atoms with Crippen LogP contribution in [-0.2, 0) is 6.42 Å². The molecule has 0 bridgehead atoms. The van der Waals surface area contributed by atoms with Crippen LogP contribution in [0.25, 0.3) is 10.9 Å². The van der Waals surface area contributed by atoms with E-state index in [4.69, 9.17) is 11.6 Å². The number of halogens is 1. The maximum Gasteiger partial charge on any atom is 0.262 e. The number of hydrogen-bond acceptors (Lipinski definition) is 2. The van der Waals surface area contributed by atoms with E-state index in [-0.39, 0.29) is 17.7 Å². The second kappa shape index (κ2) is 6.98. The van der Waals surface area contributed by atoms with Crippen molar-refractivity contribution in [1.82, 2.24) is 4.57 Å². The van der Waals surface area contributed by atoms with Gasteiger partial charge in [-0.2, -0.15) is 4.57 Å².